The first kappa shape index (κ1) is 21.4. The van der Waals surface area contributed by atoms with Crippen LogP contribution in [0.1, 0.15) is 30.0 Å². The van der Waals surface area contributed by atoms with Gasteiger partial charge >= 0.3 is 6.18 Å². The summed E-state index contributed by atoms with van der Waals surface area (Å²) >= 11 is 1.11. The van der Waals surface area contributed by atoms with Crippen LogP contribution in [0.15, 0.2) is 47.4 Å². The van der Waals surface area contributed by atoms with Crippen LogP contribution in [-0.4, -0.2) is 37.3 Å². The third-order valence-corrected chi connectivity index (χ3v) is 5.87. The van der Waals surface area contributed by atoms with Gasteiger partial charge in [0.1, 0.15) is 11.5 Å². The van der Waals surface area contributed by atoms with E-state index in [0.29, 0.717) is 22.9 Å². The molecule has 0 saturated carbocycles. The molecule has 29 heavy (non-hydrogen) atoms. The highest BCUT2D eigenvalue weighted by Gasteiger charge is 2.33. The van der Waals surface area contributed by atoms with E-state index in [0.717, 1.165) is 42.3 Å². The predicted octanol–water partition coefficient (Wildman–Crippen LogP) is 5.18. The van der Waals surface area contributed by atoms with Crippen LogP contribution in [0.2, 0.25) is 0 Å². The van der Waals surface area contributed by atoms with Crippen LogP contribution in [0.5, 0.6) is 11.5 Å². The summed E-state index contributed by atoms with van der Waals surface area (Å²) in [5.74, 6) is 1.32. The van der Waals surface area contributed by atoms with E-state index in [1.807, 2.05) is 12.1 Å². The number of halogens is 3. The molecule has 8 heteroatoms. The molecule has 1 atom stereocenters. The van der Waals surface area contributed by atoms with E-state index in [1.165, 1.54) is 6.07 Å². The van der Waals surface area contributed by atoms with Gasteiger partial charge in [-0.15, -0.1) is 11.8 Å². The summed E-state index contributed by atoms with van der Waals surface area (Å²) in [4.78, 5) is 15.0. The number of carbonyl (C=O) groups is 1. The Morgan fingerprint density at radius 2 is 1.97 bits per heavy atom. The summed E-state index contributed by atoms with van der Waals surface area (Å²) < 4.78 is 49.4. The van der Waals surface area contributed by atoms with Gasteiger partial charge in [-0.2, -0.15) is 13.2 Å². The van der Waals surface area contributed by atoms with Crippen LogP contribution in [0, 0.1) is 0 Å². The molecule has 4 nitrogen and oxygen atoms in total. The number of hydrogen-bond acceptors (Lipinski definition) is 4. The summed E-state index contributed by atoms with van der Waals surface area (Å²) in [6.07, 6.45) is -2.75. The van der Waals surface area contributed by atoms with E-state index >= 15 is 0 Å². The molecule has 2 aromatic carbocycles. The molecule has 2 aromatic rings. The van der Waals surface area contributed by atoms with Crippen LogP contribution in [0.4, 0.5) is 13.2 Å². The Morgan fingerprint density at radius 1 is 1.17 bits per heavy atom. The molecular weight excluding hydrogens is 403 g/mol. The van der Waals surface area contributed by atoms with Crippen LogP contribution in [0.25, 0.3) is 0 Å². The minimum atomic E-state index is -4.40. The van der Waals surface area contributed by atoms with Crippen molar-refractivity contribution in [2.24, 2.45) is 0 Å². The van der Waals surface area contributed by atoms with E-state index in [1.54, 1.807) is 31.3 Å². The van der Waals surface area contributed by atoms with Gasteiger partial charge in [0.25, 0.3) is 0 Å². The summed E-state index contributed by atoms with van der Waals surface area (Å²) in [6, 6.07) is 10.4. The SMILES string of the molecule is COc1ccc(OC)c(C2CCCN2C(=O)CSc2cccc(C(F)(F)F)c2)c1. The lowest BCUT2D eigenvalue weighted by molar-refractivity contribution is -0.137. The van der Waals surface area contributed by atoms with Crippen molar-refractivity contribution in [2.75, 3.05) is 26.5 Å². The number of hydrogen-bond donors (Lipinski definition) is 0. The van der Waals surface area contributed by atoms with Crippen molar-refractivity contribution >= 4 is 17.7 Å². The van der Waals surface area contributed by atoms with Crippen molar-refractivity contribution < 1.29 is 27.4 Å². The topological polar surface area (TPSA) is 38.8 Å². The van der Waals surface area contributed by atoms with Crippen molar-refractivity contribution in [2.45, 2.75) is 30.0 Å². The maximum absolute atomic E-state index is 12.9. The zero-order chi connectivity index (χ0) is 21.0. The lowest BCUT2D eigenvalue weighted by Gasteiger charge is -2.26. The lowest BCUT2D eigenvalue weighted by Crippen LogP contribution is -2.32. The third-order valence-electron chi connectivity index (χ3n) is 4.89. The molecule has 1 amide bonds. The average molecular weight is 425 g/mol. The summed E-state index contributed by atoms with van der Waals surface area (Å²) in [5.41, 5.74) is 0.164. The molecule has 0 radical (unpaired) electrons. The highest BCUT2D eigenvalue weighted by Crippen LogP contribution is 2.39. The number of ether oxygens (including phenoxy) is 2. The highest BCUT2D eigenvalue weighted by molar-refractivity contribution is 8.00. The number of benzene rings is 2. The first-order chi connectivity index (χ1) is 13.8. The van der Waals surface area contributed by atoms with Gasteiger partial charge in [0.2, 0.25) is 5.91 Å². The van der Waals surface area contributed by atoms with E-state index < -0.39 is 11.7 Å². The molecule has 1 aliphatic heterocycles. The van der Waals surface area contributed by atoms with Crippen molar-refractivity contribution in [1.82, 2.24) is 4.90 Å². The van der Waals surface area contributed by atoms with Crippen LogP contribution in [0.3, 0.4) is 0 Å². The number of rotatable bonds is 6. The van der Waals surface area contributed by atoms with E-state index in [9.17, 15) is 18.0 Å². The highest BCUT2D eigenvalue weighted by atomic mass is 32.2. The van der Waals surface area contributed by atoms with Gasteiger partial charge in [0.05, 0.1) is 31.6 Å². The van der Waals surface area contributed by atoms with Gasteiger partial charge in [-0.1, -0.05) is 6.07 Å². The second-order valence-electron chi connectivity index (χ2n) is 6.67. The third kappa shape index (κ3) is 4.98. The van der Waals surface area contributed by atoms with Gasteiger partial charge in [-0.05, 0) is 49.2 Å². The lowest BCUT2D eigenvalue weighted by atomic mass is 10.0. The number of nitrogens with zero attached hydrogens (tertiary/aromatic N) is 1. The quantitative estimate of drug-likeness (QED) is 0.598. The average Bonchev–Trinajstić information content (AvgIpc) is 3.21. The van der Waals surface area contributed by atoms with Crippen molar-refractivity contribution in [1.29, 1.82) is 0 Å². The van der Waals surface area contributed by atoms with Crippen molar-refractivity contribution in [3.63, 3.8) is 0 Å². The molecule has 0 spiro atoms. The fourth-order valence-electron chi connectivity index (χ4n) is 3.48. The summed E-state index contributed by atoms with van der Waals surface area (Å²) in [5, 5.41) is 0. The van der Waals surface area contributed by atoms with Crippen molar-refractivity contribution in [3.05, 3.63) is 53.6 Å². The molecular formula is C21H22F3NO3S. The zero-order valence-corrected chi connectivity index (χ0v) is 17.0. The molecule has 1 heterocycles. The maximum Gasteiger partial charge on any atom is 0.416 e. The Hall–Kier alpha value is -2.35. The Balaban J connectivity index is 1.73. The number of amides is 1. The van der Waals surface area contributed by atoms with Gasteiger partial charge in [0, 0.05) is 17.0 Å². The molecule has 1 aliphatic rings. The number of methoxy groups -OCH3 is 2. The minimum Gasteiger partial charge on any atom is -0.497 e. The summed E-state index contributed by atoms with van der Waals surface area (Å²) in [6.45, 7) is 0.604. The van der Waals surface area contributed by atoms with Crippen LogP contribution in [-0.2, 0) is 11.0 Å². The Bertz CT molecular complexity index is 872. The monoisotopic (exact) mass is 425 g/mol. The molecule has 0 aliphatic carbocycles. The molecule has 156 valence electrons. The van der Waals surface area contributed by atoms with Crippen LogP contribution >= 0.6 is 11.8 Å². The number of likely N-dealkylation sites (tertiary alicyclic amines) is 1. The fraction of sp³-hybridized carbons (Fsp3) is 0.381. The van der Waals surface area contributed by atoms with Gasteiger partial charge < -0.3 is 14.4 Å². The van der Waals surface area contributed by atoms with E-state index in [-0.39, 0.29) is 17.7 Å². The van der Waals surface area contributed by atoms with Gasteiger partial charge in [0.15, 0.2) is 0 Å². The molecule has 0 bridgehead atoms. The number of thioether (sulfide) groups is 1. The Morgan fingerprint density at radius 3 is 2.66 bits per heavy atom. The van der Waals surface area contributed by atoms with Crippen molar-refractivity contribution in [3.8, 4) is 11.5 Å². The second kappa shape index (κ2) is 8.98. The largest absolute Gasteiger partial charge is 0.497 e. The van der Waals surface area contributed by atoms with Gasteiger partial charge in [-0.25, -0.2) is 0 Å². The molecule has 0 aromatic heterocycles. The standard InChI is InChI=1S/C21H22F3NO3S/c1-27-15-8-9-19(28-2)17(12-15)18-7-4-10-25(18)20(26)13-29-16-6-3-5-14(11-16)21(22,23)24/h3,5-6,8-9,11-12,18H,4,7,10,13H2,1-2H3. The number of alkyl halides is 3. The predicted molar refractivity (Wildman–Crippen MR) is 105 cm³/mol. The zero-order valence-electron chi connectivity index (χ0n) is 16.2. The smallest absolute Gasteiger partial charge is 0.416 e. The normalized spacial score (nSPS) is 16.7. The molecule has 3 rings (SSSR count). The fourth-order valence-corrected chi connectivity index (χ4v) is 4.32. The first-order valence-electron chi connectivity index (χ1n) is 9.15. The Kier molecular flexibility index (Phi) is 6.62. The Labute approximate surface area is 172 Å². The second-order valence-corrected chi connectivity index (χ2v) is 7.72. The first-order valence-corrected chi connectivity index (χ1v) is 10.1. The molecule has 1 unspecified atom stereocenters. The maximum atomic E-state index is 12.9. The van der Waals surface area contributed by atoms with E-state index in [2.05, 4.69) is 0 Å². The molecule has 1 fully saturated rings. The van der Waals surface area contributed by atoms with E-state index in [4.69, 9.17) is 9.47 Å². The van der Waals surface area contributed by atoms with Gasteiger partial charge in [-0.3, -0.25) is 4.79 Å². The molecule has 0 N–H and O–H groups in total. The molecule has 1 saturated heterocycles. The summed E-state index contributed by atoms with van der Waals surface area (Å²) in [7, 11) is 3.16. The minimum absolute atomic E-state index is 0.0735. The van der Waals surface area contributed by atoms with Crippen LogP contribution < -0.4 is 9.47 Å². The number of carbonyl (C=O) groups excluding carboxylic acids is 1.